The average molecular weight is 133 g/mol. The fourth-order valence-corrected chi connectivity index (χ4v) is 1.01. The van der Waals surface area contributed by atoms with Crippen LogP contribution in [-0.2, 0) is 0 Å². The first-order valence-corrected chi connectivity index (χ1v) is 3.09. The van der Waals surface area contributed by atoms with E-state index in [1.54, 1.807) is 6.26 Å². The molecular formula is C8H7NO. The van der Waals surface area contributed by atoms with Gasteiger partial charge in [0, 0.05) is 10.8 Å². The van der Waals surface area contributed by atoms with Crippen molar-refractivity contribution < 1.29 is 4.42 Å². The molecule has 0 aliphatic rings. The van der Waals surface area contributed by atoms with E-state index in [2.05, 4.69) is 0 Å². The maximum absolute atomic E-state index is 5.51. The topological polar surface area (TPSA) is 39.2 Å². The lowest BCUT2D eigenvalue weighted by Crippen LogP contribution is -1.78. The molecule has 0 spiro atoms. The quantitative estimate of drug-likeness (QED) is 0.597. The van der Waals surface area contributed by atoms with Crippen molar-refractivity contribution in [2.45, 2.75) is 0 Å². The van der Waals surface area contributed by atoms with E-state index in [0.29, 0.717) is 5.88 Å². The van der Waals surface area contributed by atoms with E-state index in [1.807, 2.05) is 24.3 Å². The Labute approximate surface area is 58.2 Å². The minimum absolute atomic E-state index is 0.496. The van der Waals surface area contributed by atoms with Crippen LogP contribution in [0.2, 0.25) is 0 Å². The summed E-state index contributed by atoms with van der Waals surface area (Å²) in [6.07, 6.45) is 1.66. The van der Waals surface area contributed by atoms with Crippen molar-refractivity contribution in [3.63, 3.8) is 0 Å². The van der Waals surface area contributed by atoms with Crippen LogP contribution in [-0.4, -0.2) is 0 Å². The van der Waals surface area contributed by atoms with Gasteiger partial charge in [-0.2, -0.15) is 0 Å². The smallest absolute Gasteiger partial charge is 0.197 e. The molecule has 2 N–H and O–H groups in total. The van der Waals surface area contributed by atoms with Crippen molar-refractivity contribution in [3.05, 3.63) is 30.5 Å². The normalized spacial score (nSPS) is 10.4. The van der Waals surface area contributed by atoms with Crippen molar-refractivity contribution in [1.29, 1.82) is 0 Å². The number of furan rings is 1. The van der Waals surface area contributed by atoms with E-state index < -0.39 is 0 Å². The highest BCUT2D eigenvalue weighted by Gasteiger charge is 1.97. The van der Waals surface area contributed by atoms with E-state index >= 15 is 0 Å². The molecule has 1 aromatic heterocycles. The van der Waals surface area contributed by atoms with Gasteiger partial charge in [0.05, 0.1) is 0 Å². The first-order chi connectivity index (χ1) is 4.88. The number of rotatable bonds is 0. The molecule has 0 aliphatic carbocycles. The largest absolute Gasteiger partial charge is 0.448 e. The lowest BCUT2D eigenvalue weighted by atomic mass is 10.2. The Kier molecular flexibility index (Phi) is 0.947. The zero-order valence-corrected chi connectivity index (χ0v) is 5.37. The molecule has 2 aromatic rings. The lowest BCUT2D eigenvalue weighted by Gasteiger charge is -1.84. The molecule has 2 rings (SSSR count). The highest BCUT2D eigenvalue weighted by Crippen LogP contribution is 2.21. The number of nitrogen functional groups attached to an aromatic ring is 1. The van der Waals surface area contributed by atoms with Crippen LogP contribution in [0.1, 0.15) is 0 Å². The Bertz CT molecular complexity index is 351. The van der Waals surface area contributed by atoms with Crippen LogP contribution < -0.4 is 5.73 Å². The van der Waals surface area contributed by atoms with Gasteiger partial charge in [-0.15, -0.1) is 0 Å². The molecule has 0 saturated carbocycles. The molecular weight excluding hydrogens is 126 g/mol. The third kappa shape index (κ3) is 0.589. The van der Waals surface area contributed by atoms with E-state index in [1.165, 1.54) is 0 Å². The number of hydrogen-bond donors (Lipinski definition) is 1. The molecule has 1 heterocycles. The molecule has 1 aromatic carbocycles. The fourth-order valence-electron chi connectivity index (χ4n) is 1.01. The minimum Gasteiger partial charge on any atom is -0.448 e. The Balaban J connectivity index is 2.93. The van der Waals surface area contributed by atoms with Crippen LogP contribution >= 0.6 is 0 Å². The summed E-state index contributed by atoms with van der Waals surface area (Å²) in [4.78, 5) is 0. The minimum atomic E-state index is 0.496. The highest BCUT2D eigenvalue weighted by atomic mass is 16.3. The predicted octanol–water partition coefficient (Wildman–Crippen LogP) is 2.01. The number of fused-ring (bicyclic) bond motifs is 1. The first-order valence-electron chi connectivity index (χ1n) is 3.09. The molecule has 0 fully saturated rings. The molecule has 0 radical (unpaired) electrons. The zero-order valence-electron chi connectivity index (χ0n) is 5.37. The van der Waals surface area contributed by atoms with Crippen LogP contribution in [0.3, 0.4) is 0 Å². The van der Waals surface area contributed by atoms with E-state index in [9.17, 15) is 0 Å². The van der Waals surface area contributed by atoms with Gasteiger partial charge in [-0.25, -0.2) is 0 Å². The van der Waals surface area contributed by atoms with Crippen molar-refractivity contribution in [1.82, 2.24) is 0 Å². The monoisotopic (exact) mass is 133 g/mol. The summed E-state index contributed by atoms with van der Waals surface area (Å²) in [5, 5.41) is 2.04. The second-order valence-electron chi connectivity index (χ2n) is 2.19. The van der Waals surface area contributed by atoms with E-state index in [4.69, 9.17) is 10.2 Å². The summed E-state index contributed by atoms with van der Waals surface area (Å²) in [5.74, 6) is 0.496. The average Bonchev–Trinajstić information content (AvgIpc) is 2.34. The van der Waals surface area contributed by atoms with Crippen LogP contribution in [0.5, 0.6) is 0 Å². The summed E-state index contributed by atoms with van der Waals surface area (Å²) in [6.45, 7) is 0. The van der Waals surface area contributed by atoms with Gasteiger partial charge in [-0.3, -0.25) is 0 Å². The van der Waals surface area contributed by atoms with Gasteiger partial charge in [0.2, 0.25) is 0 Å². The van der Waals surface area contributed by atoms with Gasteiger partial charge < -0.3 is 10.2 Å². The van der Waals surface area contributed by atoms with Gasteiger partial charge >= 0.3 is 0 Å². The molecule has 0 saturated heterocycles. The van der Waals surface area contributed by atoms with Gasteiger partial charge in [-0.05, 0) is 6.07 Å². The number of benzene rings is 1. The number of nitrogens with two attached hydrogens (primary N) is 1. The molecule has 0 atom stereocenters. The summed E-state index contributed by atoms with van der Waals surface area (Å²) < 4.78 is 4.99. The number of hydrogen-bond acceptors (Lipinski definition) is 2. The summed E-state index contributed by atoms with van der Waals surface area (Å²) in [5.41, 5.74) is 5.51. The Hall–Kier alpha value is -1.44. The molecule has 2 nitrogen and oxygen atoms in total. The molecule has 0 aliphatic heterocycles. The van der Waals surface area contributed by atoms with Crippen LogP contribution in [0.4, 0.5) is 5.88 Å². The zero-order chi connectivity index (χ0) is 6.97. The third-order valence-corrected chi connectivity index (χ3v) is 1.54. The van der Waals surface area contributed by atoms with Gasteiger partial charge in [0.25, 0.3) is 0 Å². The molecule has 0 bridgehead atoms. The summed E-state index contributed by atoms with van der Waals surface area (Å²) >= 11 is 0. The Morgan fingerprint density at radius 1 is 1.20 bits per heavy atom. The second kappa shape index (κ2) is 1.77. The predicted molar refractivity (Wildman–Crippen MR) is 40.6 cm³/mol. The van der Waals surface area contributed by atoms with Crippen molar-refractivity contribution in [3.8, 4) is 0 Å². The highest BCUT2D eigenvalue weighted by molar-refractivity contribution is 5.90. The van der Waals surface area contributed by atoms with Crippen molar-refractivity contribution in [2.75, 3.05) is 5.73 Å². The van der Waals surface area contributed by atoms with Gasteiger partial charge in [0.15, 0.2) is 5.88 Å². The standard InChI is InChI=1S/C8H7NO/c9-8-7-4-2-1-3-6(7)5-10-8/h1-5H,9H2. The lowest BCUT2D eigenvalue weighted by molar-refractivity contribution is 0.592. The SMILES string of the molecule is Nc1occ2ccccc12. The summed E-state index contributed by atoms with van der Waals surface area (Å²) in [6, 6.07) is 7.80. The summed E-state index contributed by atoms with van der Waals surface area (Å²) in [7, 11) is 0. The van der Waals surface area contributed by atoms with Crippen molar-refractivity contribution in [2.24, 2.45) is 0 Å². The molecule has 50 valence electrons. The van der Waals surface area contributed by atoms with Crippen LogP contribution in [0, 0.1) is 0 Å². The van der Waals surface area contributed by atoms with Crippen LogP contribution in [0.25, 0.3) is 10.8 Å². The third-order valence-electron chi connectivity index (χ3n) is 1.54. The molecule has 10 heavy (non-hydrogen) atoms. The van der Waals surface area contributed by atoms with Gasteiger partial charge in [0.1, 0.15) is 6.26 Å². The van der Waals surface area contributed by atoms with Crippen molar-refractivity contribution >= 4 is 16.7 Å². The molecule has 0 amide bonds. The molecule has 0 unspecified atom stereocenters. The fraction of sp³-hybridized carbons (Fsp3) is 0. The maximum Gasteiger partial charge on any atom is 0.197 e. The van der Waals surface area contributed by atoms with E-state index in [-0.39, 0.29) is 0 Å². The van der Waals surface area contributed by atoms with Gasteiger partial charge in [-0.1, -0.05) is 18.2 Å². The van der Waals surface area contributed by atoms with E-state index in [0.717, 1.165) is 10.8 Å². The Morgan fingerprint density at radius 2 is 2.00 bits per heavy atom. The second-order valence-corrected chi connectivity index (χ2v) is 2.19. The first kappa shape index (κ1) is 5.35. The molecule has 2 heteroatoms. The number of anilines is 1. The maximum atomic E-state index is 5.51. The Morgan fingerprint density at radius 3 is 2.80 bits per heavy atom. The van der Waals surface area contributed by atoms with Crippen LogP contribution in [0.15, 0.2) is 34.9 Å².